The molecule has 0 aromatic rings. The molecule has 0 aliphatic heterocycles. The molecule has 0 aromatic carbocycles. The van der Waals surface area contributed by atoms with Crippen molar-refractivity contribution < 1.29 is 20.4 Å². The van der Waals surface area contributed by atoms with E-state index < -0.39 is 18.4 Å². The Bertz CT molecular complexity index is 79.6. The molecule has 8 N–H and O–H groups in total. The van der Waals surface area contributed by atoms with Gasteiger partial charge in [-0.2, -0.15) is 0 Å². The molecule has 6 heteroatoms. The predicted molar refractivity (Wildman–Crippen MR) is 44.0 cm³/mol. The number of aliphatic hydroxyl groups excluding tert-OH is 4. The van der Waals surface area contributed by atoms with E-state index in [2.05, 4.69) is 0 Å². The van der Waals surface area contributed by atoms with Crippen molar-refractivity contribution in [3.05, 3.63) is 0 Å². The zero-order valence-corrected chi connectivity index (χ0v) is 7.09. The standard InChI is InChI=1S/2C3H9NO2/c4-1-3(6)2-5;1-2(5)3(4)6/h3,5-6H,1-2,4H2;2-3,5-6H,4H2,1H3. The molecule has 0 aliphatic rings. The summed E-state index contributed by atoms with van der Waals surface area (Å²) in [6.45, 7) is 1.32. The number of hydrogen-bond donors (Lipinski definition) is 6. The third-order valence-corrected chi connectivity index (χ3v) is 0.977. The fraction of sp³-hybridized carbons (Fsp3) is 1.00. The van der Waals surface area contributed by atoms with Crippen molar-refractivity contribution >= 4 is 0 Å². The first-order chi connectivity index (χ1) is 5.45. The molecule has 0 aliphatic carbocycles. The summed E-state index contributed by atoms with van der Waals surface area (Å²) in [6, 6.07) is 0. The summed E-state index contributed by atoms with van der Waals surface area (Å²) in [5.74, 6) is 0. The summed E-state index contributed by atoms with van der Waals surface area (Å²) in [5.41, 5.74) is 9.61. The lowest BCUT2D eigenvalue weighted by molar-refractivity contribution is 0.0359. The molecule has 3 unspecified atom stereocenters. The maximum atomic E-state index is 8.29. The Labute approximate surface area is 71.4 Å². The van der Waals surface area contributed by atoms with Gasteiger partial charge in [-0.25, -0.2) is 0 Å². The van der Waals surface area contributed by atoms with Gasteiger partial charge in [-0.1, -0.05) is 0 Å². The second-order valence-electron chi connectivity index (χ2n) is 2.30. The van der Waals surface area contributed by atoms with Gasteiger partial charge in [0.2, 0.25) is 0 Å². The highest BCUT2D eigenvalue weighted by Gasteiger charge is 2.00. The first-order valence-corrected chi connectivity index (χ1v) is 3.56. The van der Waals surface area contributed by atoms with Crippen molar-refractivity contribution in [2.75, 3.05) is 13.2 Å². The molecule has 0 aromatic heterocycles. The summed E-state index contributed by atoms with van der Waals surface area (Å²) in [5, 5.41) is 32.7. The van der Waals surface area contributed by atoms with Gasteiger partial charge in [-0.05, 0) is 6.92 Å². The van der Waals surface area contributed by atoms with Crippen LogP contribution in [0.4, 0.5) is 0 Å². The van der Waals surface area contributed by atoms with E-state index in [4.69, 9.17) is 31.9 Å². The highest BCUT2D eigenvalue weighted by Crippen LogP contribution is 1.78. The number of rotatable bonds is 3. The maximum Gasteiger partial charge on any atom is 0.128 e. The van der Waals surface area contributed by atoms with Crippen LogP contribution in [-0.2, 0) is 0 Å². The smallest absolute Gasteiger partial charge is 0.128 e. The monoisotopic (exact) mass is 182 g/mol. The van der Waals surface area contributed by atoms with Gasteiger partial charge in [0.1, 0.15) is 6.23 Å². The van der Waals surface area contributed by atoms with E-state index in [1.165, 1.54) is 6.92 Å². The summed E-state index contributed by atoms with van der Waals surface area (Å²) >= 11 is 0. The molecule has 76 valence electrons. The Morgan fingerprint density at radius 1 is 1.25 bits per heavy atom. The van der Waals surface area contributed by atoms with Gasteiger partial charge in [-0.15, -0.1) is 0 Å². The van der Waals surface area contributed by atoms with Crippen LogP contribution in [0.5, 0.6) is 0 Å². The summed E-state index contributed by atoms with van der Waals surface area (Å²) in [7, 11) is 0. The largest absolute Gasteiger partial charge is 0.394 e. The Kier molecular flexibility index (Phi) is 10.5. The predicted octanol–water partition coefficient (Wildman–Crippen LogP) is -3.06. The lowest BCUT2D eigenvalue weighted by Crippen LogP contribution is -2.31. The molecule has 0 saturated heterocycles. The van der Waals surface area contributed by atoms with Crippen molar-refractivity contribution in [3.8, 4) is 0 Å². The van der Waals surface area contributed by atoms with Crippen LogP contribution in [0, 0.1) is 0 Å². The van der Waals surface area contributed by atoms with Crippen LogP contribution in [0.2, 0.25) is 0 Å². The fourth-order valence-corrected chi connectivity index (χ4v) is 0.0745. The molecule has 6 nitrogen and oxygen atoms in total. The molecular formula is C6H18N2O4. The van der Waals surface area contributed by atoms with E-state index in [1.807, 2.05) is 0 Å². The van der Waals surface area contributed by atoms with Crippen LogP contribution in [0.3, 0.4) is 0 Å². The van der Waals surface area contributed by atoms with Gasteiger partial charge in [0.05, 0.1) is 18.8 Å². The van der Waals surface area contributed by atoms with E-state index >= 15 is 0 Å². The highest BCUT2D eigenvalue weighted by atomic mass is 16.3. The molecule has 0 fully saturated rings. The van der Waals surface area contributed by atoms with Crippen LogP contribution in [0.1, 0.15) is 6.92 Å². The van der Waals surface area contributed by atoms with Gasteiger partial charge in [0.15, 0.2) is 0 Å². The zero-order valence-electron chi connectivity index (χ0n) is 7.09. The number of hydrogen-bond acceptors (Lipinski definition) is 6. The summed E-state index contributed by atoms with van der Waals surface area (Å²) in [4.78, 5) is 0. The van der Waals surface area contributed by atoms with Gasteiger partial charge in [0, 0.05) is 6.54 Å². The van der Waals surface area contributed by atoms with Crippen LogP contribution < -0.4 is 11.5 Å². The first kappa shape index (κ1) is 14.3. The van der Waals surface area contributed by atoms with Crippen LogP contribution >= 0.6 is 0 Å². The first-order valence-electron chi connectivity index (χ1n) is 3.56. The molecule has 0 spiro atoms. The zero-order chi connectivity index (χ0) is 10.1. The van der Waals surface area contributed by atoms with Gasteiger partial charge < -0.3 is 31.9 Å². The van der Waals surface area contributed by atoms with E-state index in [0.29, 0.717) is 0 Å². The van der Waals surface area contributed by atoms with Crippen LogP contribution in [-0.4, -0.2) is 52.0 Å². The van der Waals surface area contributed by atoms with Crippen molar-refractivity contribution in [3.63, 3.8) is 0 Å². The molecule has 0 bridgehead atoms. The van der Waals surface area contributed by atoms with E-state index in [-0.39, 0.29) is 13.2 Å². The summed E-state index contributed by atoms with van der Waals surface area (Å²) < 4.78 is 0. The number of aliphatic hydroxyl groups is 4. The second-order valence-corrected chi connectivity index (χ2v) is 2.30. The Morgan fingerprint density at radius 3 is 1.58 bits per heavy atom. The van der Waals surface area contributed by atoms with E-state index in [1.54, 1.807) is 0 Å². The molecule has 12 heavy (non-hydrogen) atoms. The fourth-order valence-electron chi connectivity index (χ4n) is 0.0745. The number of nitrogens with two attached hydrogens (primary N) is 2. The molecule has 0 rings (SSSR count). The minimum Gasteiger partial charge on any atom is -0.394 e. The lowest BCUT2D eigenvalue weighted by Gasteiger charge is -2.03. The molecular weight excluding hydrogens is 164 g/mol. The van der Waals surface area contributed by atoms with Gasteiger partial charge in [-0.3, -0.25) is 0 Å². The molecule has 3 atom stereocenters. The van der Waals surface area contributed by atoms with Gasteiger partial charge >= 0.3 is 0 Å². The molecule has 0 saturated carbocycles. The average Bonchev–Trinajstić information content (AvgIpc) is 2.04. The molecule has 0 heterocycles. The highest BCUT2D eigenvalue weighted by molar-refractivity contribution is 4.49. The van der Waals surface area contributed by atoms with Crippen molar-refractivity contribution in [2.24, 2.45) is 11.5 Å². The summed E-state index contributed by atoms with van der Waals surface area (Å²) in [6.07, 6.45) is -2.64. The Hall–Kier alpha value is -0.240. The third kappa shape index (κ3) is 12.4. The van der Waals surface area contributed by atoms with E-state index in [0.717, 1.165) is 0 Å². The second kappa shape index (κ2) is 8.85. The SMILES string of the molecule is CC(O)C(N)O.NCC(O)CO. The van der Waals surface area contributed by atoms with Crippen molar-refractivity contribution in [1.82, 2.24) is 0 Å². The molecule has 0 radical (unpaired) electrons. The Morgan fingerprint density at radius 2 is 1.58 bits per heavy atom. The average molecular weight is 182 g/mol. The minimum atomic E-state index is -1.09. The van der Waals surface area contributed by atoms with E-state index in [9.17, 15) is 0 Å². The van der Waals surface area contributed by atoms with Crippen molar-refractivity contribution in [2.45, 2.75) is 25.4 Å². The molecule has 0 amide bonds. The van der Waals surface area contributed by atoms with Crippen LogP contribution in [0.15, 0.2) is 0 Å². The quantitative estimate of drug-likeness (QED) is 0.257. The normalized spacial score (nSPS) is 17.2. The lowest BCUT2D eigenvalue weighted by atomic mass is 10.4. The maximum absolute atomic E-state index is 8.29. The van der Waals surface area contributed by atoms with Crippen molar-refractivity contribution in [1.29, 1.82) is 0 Å². The Balaban J connectivity index is 0. The van der Waals surface area contributed by atoms with Crippen LogP contribution in [0.25, 0.3) is 0 Å². The minimum absolute atomic E-state index is 0.135. The third-order valence-electron chi connectivity index (χ3n) is 0.977. The van der Waals surface area contributed by atoms with Gasteiger partial charge in [0.25, 0.3) is 0 Å². The topological polar surface area (TPSA) is 133 Å².